The fraction of sp³-hybridized carbons (Fsp3) is 0.0323. The van der Waals surface area contributed by atoms with Crippen molar-refractivity contribution in [1.82, 2.24) is 10.4 Å². The maximum atomic E-state index is 13.2. The molecular weight excluding hydrogens is 476 g/mol. The molecule has 5 aromatic rings. The molecular formula is C31H22N4O3. The standard InChI is InChI=1S/C31H22N4O3/c1-20-14-16-22(17-15-20)31(37)38-26-13-6-5-10-24(26)19-33-35-30(36)29-27(21-8-3-2-4-9-21)25-12-7-11-23(18-32)28(25)34-29/h2-17,19,34H,1H3,(H,35,36). The zero-order chi connectivity index (χ0) is 26.5. The number of aromatic amines is 1. The fourth-order valence-electron chi connectivity index (χ4n) is 4.13. The number of carbonyl (C=O) groups is 2. The second-order valence-corrected chi connectivity index (χ2v) is 8.57. The third-order valence-electron chi connectivity index (χ3n) is 6.02. The second kappa shape index (κ2) is 10.6. The van der Waals surface area contributed by atoms with Gasteiger partial charge in [-0.3, -0.25) is 4.79 Å². The first-order valence-electron chi connectivity index (χ1n) is 11.9. The lowest BCUT2D eigenvalue weighted by Crippen LogP contribution is -2.19. The van der Waals surface area contributed by atoms with Crippen molar-refractivity contribution in [2.45, 2.75) is 6.92 Å². The average Bonchev–Trinajstić information content (AvgIpc) is 3.35. The molecule has 1 amide bonds. The van der Waals surface area contributed by atoms with E-state index in [0.717, 1.165) is 16.5 Å². The lowest BCUT2D eigenvalue weighted by molar-refractivity contribution is 0.0734. The van der Waals surface area contributed by atoms with Crippen LogP contribution in [0, 0.1) is 18.3 Å². The number of rotatable bonds is 6. The van der Waals surface area contributed by atoms with Gasteiger partial charge in [0.25, 0.3) is 5.91 Å². The normalized spacial score (nSPS) is 10.8. The summed E-state index contributed by atoms with van der Waals surface area (Å²) in [6.07, 6.45) is 1.42. The Kier molecular flexibility index (Phi) is 6.79. The molecule has 0 unspecified atom stereocenters. The van der Waals surface area contributed by atoms with Crippen LogP contribution in [0.3, 0.4) is 0 Å². The molecule has 0 atom stereocenters. The number of ether oxygens (including phenoxy) is 1. The van der Waals surface area contributed by atoms with Crippen molar-refractivity contribution in [3.8, 4) is 22.9 Å². The minimum Gasteiger partial charge on any atom is -0.422 e. The molecule has 0 aliphatic rings. The van der Waals surface area contributed by atoms with Crippen LogP contribution < -0.4 is 10.2 Å². The zero-order valence-corrected chi connectivity index (χ0v) is 20.4. The molecule has 0 saturated heterocycles. The lowest BCUT2D eigenvalue weighted by Gasteiger charge is -2.08. The summed E-state index contributed by atoms with van der Waals surface area (Å²) < 4.78 is 5.58. The van der Waals surface area contributed by atoms with Gasteiger partial charge in [0.15, 0.2) is 0 Å². The Labute approximate surface area is 219 Å². The summed E-state index contributed by atoms with van der Waals surface area (Å²) >= 11 is 0. The van der Waals surface area contributed by atoms with Crippen LogP contribution in [0.4, 0.5) is 0 Å². The molecule has 5 rings (SSSR count). The molecule has 7 heteroatoms. The minimum absolute atomic E-state index is 0.283. The number of H-pyrrole nitrogens is 1. The molecule has 184 valence electrons. The Bertz CT molecular complexity index is 1710. The van der Waals surface area contributed by atoms with Gasteiger partial charge in [-0.15, -0.1) is 0 Å². The van der Waals surface area contributed by atoms with Crippen molar-refractivity contribution in [2.75, 3.05) is 0 Å². The van der Waals surface area contributed by atoms with Gasteiger partial charge in [-0.05, 0) is 42.8 Å². The number of para-hydroxylation sites is 2. The van der Waals surface area contributed by atoms with E-state index in [1.54, 1.807) is 48.5 Å². The summed E-state index contributed by atoms with van der Waals surface area (Å²) in [6.45, 7) is 1.94. The van der Waals surface area contributed by atoms with Gasteiger partial charge in [-0.2, -0.15) is 10.4 Å². The number of hydrogen-bond donors (Lipinski definition) is 2. The topological polar surface area (TPSA) is 107 Å². The van der Waals surface area contributed by atoms with E-state index in [2.05, 4.69) is 21.6 Å². The molecule has 0 radical (unpaired) electrons. The van der Waals surface area contributed by atoms with Crippen LogP contribution in [0.2, 0.25) is 0 Å². The number of amides is 1. The van der Waals surface area contributed by atoms with Crippen LogP contribution in [0.5, 0.6) is 5.75 Å². The summed E-state index contributed by atoms with van der Waals surface area (Å²) in [5.41, 5.74) is 7.34. The van der Waals surface area contributed by atoms with Crippen molar-refractivity contribution in [2.24, 2.45) is 5.10 Å². The number of hydrogen-bond acceptors (Lipinski definition) is 5. The minimum atomic E-state index is -0.492. The Hall–Kier alpha value is -5.48. The van der Waals surface area contributed by atoms with Crippen LogP contribution in [-0.4, -0.2) is 23.1 Å². The summed E-state index contributed by atoms with van der Waals surface area (Å²) in [4.78, 5) is 29.0. The second-order valence-electron chi connectivity index (χ2n) is 8.57. The summed E-state index contributed by atoms with van der Waals surface area (Å²) in [7, 11) is 0. The van der Waals surface area contributed by atoms with Gasteiger partial charge in [0.2, 0.25) is 0 Å². The Balaban J connectivity index is 1.41. The fourth-order valence-corrected chi connectivity index (χ4v) is 4.13. The first kappa shape index (κ1) is 24.2. The third-order valence-corrected chi connectivity index (χ3v) is 6.02. The summed E-state index contributed by atoms with van der Waals surface area (Å²) in [5.74, 6) is -0.659. The van der Waals surface area contributed by atoms with Gasteiger partial charge in [0, 0.05) is 16.5 Å². The van der Waals surface area contributed by atoms with E-state index in [1.165, 1.54) is 6.21 Å². The number of carbonyl (C=O) groups excluding carboxylic acids is 2. The molecule has 0 saturated carbocycles. The predicted octanol–water partition coefficient (Wildman–Crippen LogP) is 6.00. The number of fused-ring (bicyclic) bond motifs is 1. The van der Waals surface area contributed by atoms with E-state index in [4.69, 9.17) is 4.74 Å². The van der Waals surface area contributed by atoms with Crippen LogP contribution in [0.15, 0.2) is 102 Å². The van der Waals surface area contributed by atoms with Gasteiger partial charge in [0.05, 0.1) is 22.9 Å². The lowest BCUT2D eigenvalue weighted by atomic mass is 10.0. The van der Waals surface area contributed by atoms with Gasteiger partial charge < -0.3 is 9.72 Å². The molecule has 4 aromatic carbocycles. The van der Waals surface area contributed by atoms with Crippen molar-refractivity contribution >= 4 is 29.0 Å². The molecule has 0 aliphatic carbocycles. The van der Waals surface area contributed by atoms with Crippen molar-refractivity contribution in [3.63, 3.8) is 0 Å². The van der Waals surface area contributed by atoms with E-state index in [-0.39, 0.29) is 5.69 Å². The molecule has 38 heavy (non-hydrogen) atoms. The Morgan fingerprint density at radius 3 is 2.42 bits per heavy atom. The number of aryl methyl sites for hydroxylation is 1. The summed E-state index contributed by atoms with van der Waals surface area (Å²) in [5, 5.41) is 14.4. The van der Waals surface area contributed by atoms with E-state index >= 15 is 0 Å². The van der Waals surface area contributed by atoms with E-state index < -0.39 is 11.9 Å². The maximum Gasteiger partial charge on any atom is 0.343 e. The van der Waals surface area contributed by atoms with Crippen molar-refractivity contribution in [3.05, 3.63) is 125 Å². The highest BCUT2D eigenvalue weighted by Gasteiger charge is 2.20. The van der Waals surface area contributed by atoms with Gasteiger partial charge in [-0.25, -0.2) is 10.2 Å². The molecule has 1 aromatic heterocycles. The Morgan fingerprint density at radius 1 is 0.921 bits per heavy atom. The van der Waals surface area contributed by atoms with E-state index in [1.807, 2.05) is 55.5 Å². The molecule has 0 fully saturated rings. The van der Waals surface area contributed by atoms with Crippen molar-refractivity contribution < 1.29 is 14.3 Å². The highest BCUT2D eigenvalue weighted by atomic mass is 16.5. The highest BCUT2D eigenvalue weighted by molar-refractivity contribution is 6.10. The van der Waals surface area contributed by atoms with Crippen molar-refractivity contribution in [1.29, 1.82) is 5.26 Å². The average molecular weight is 499 g/mol. The number of nitrogens with one attached hydrogen (secondary N) is 2. The van der Waals surface area contributed by atoms with E-state index in [9.17, 15) is 14.9 Å². The predicted molar refractivity (Wildman–Crippen MR) is 146 cm³/mol. The molecule has 0 aliphatic heterocycles. The van der Waals surface area contributed by atoms with Crippen LogP contribution in [0.1, 0.15) is 37.5 Å². The number of aromatic nitrogens is 1. The van der Waals surface area contributed by atoms with Crippen LogP contribution >= 0.6 is 0 Å². The van der Waals surface area contributed by atoms with Crippen LogP contribution in [-0.2, 0) is 0 Å². The molecule has 0 bridgehead atoms. The van der Waals surface area contributed by atoms with Crippen LogP contribution in [0.25, 0.3) is 22.0 Å². The van der Waals surface area contributed by atoms with E-state index in [0.29, 0.717) is 33.5 Å². The van der Waals surface area contributed by atoms with Gasteiger partial charge >= 0.3 is 5.97 Å². The highest BCUT2D eigenvalue weighted by Crippen LogP contribution is 2.33. The monoisotopic (exact) mass is 498 g/mol. The first-order chi connectivity index (χ1) is 18.5. The number of nitrogens with zero attached hydrogens (tertiary/aromatic N) is 2. The van der Waals surface area contributed by atoms with Gasteiger partial charge in [-0.1, -0.05) is 72.3 Å². The first-order valence-corrected chi connectivity index (χ1v) is 11.9. The molecule has 1 heterocycles. The number of esters is 1. The summed E-state index contributed by atoms with van der Waals surface area (Å²) in [6, 6.07) is 31.0. The number of hydrazone groups is 1. The zero-order valence-electron chi connectivity index (χ0n) is 20.4. The quantitative estimate of drug-likeness (QED) is 0.130. The smallest absolute Gasteiger partial charge is 0.343 e. The Morgan fingerprint density at radius 2 is 1.66 bits per heavy atom. The molecule has 0 spiro atoms. The number of nitriles is 1. The largest absolute Gasteiger partial charge is 0.422 e. The molecule has 2 N–H and O–H groups in total. The van der Waals surface area contributed by atoms with Gasteiger partial charge in [0.1, 0.15) is 17.5 Å². The number of benzene rings is 4. The SMILES string of the molecule is Cc1ccc(C(=O)Oc2ccccc2C=NNC(=O)c2[nH]c3c(C#N)cccc3c2-c2ccccc2)cc1. The third kappa shape index (κ3) is 4.92. The molecule has 7 nitrogen and oxygen atoms in total. The maximum absolute atomic E-state index is 13.2.